The summed E-state index contributed by atoms with van der Waals surface area (Å²) in [7, 11) is 4.20. The minimum absolute atomic E-state index is 0.293. The van der Waals surface area contributed by atoms with Crippen LogP contribution < -0.4 is 4.74 Å². The smallest absolute Gasteiger partial charge is 0.123 e. The van der Waals surface area contributed by atoms with Crippen LogP contribution in [0.3, 0.4) is 0 Å². The molecule has 2 nitrogen and oxygen atoms in total. The average Bonchev–Trinajstić information content (AvgIpc) is 2.68. The molecule has 3 aromatic carbocycles. The molecule has 1 unspecified atom stereocenters. The number of hydrogen-bond acceptors (Lipinski definition) is 2. The molecule has 0 radical (unpaired) electrons. The molecule has 0 saturated heterocycles. The van der Waals surface area contributed by atoms with E-state index in [1.807, 2.05) is 0 Å². The molecule has 3 aromatic rings. The molecular weight excluding hydrogens is 330 g/mol. The Morgan fingerprint density at radius 1 is 0.889 bits per heavy atom. The Bertz CT molecular complexity index is 930. The average molecular weight is 357 g/mol. The molecule has 0 aromatic heterocycles. The number of ether oxygens (including phenoxy) is 1. The molecule has 0 bridgehead atoms. The molecule has 1 heterocycles. The third kappa shape index (κ3) is 3.77. The van der Waals surface area contributed by atoms with Gasteiger partial charge in [0.25, 0.3) is 0 Å². The summed E-state index contributed by atoms with van der Waals surface area (Å²) in [6.45, 7) is 3.19. The van der Waals surface area contributed by atoms with Gasteiger partial charge in [-0.05, 0) is 79.4 Å². The van der Waals surface area contributed by atoms with Crippen molar-refractivity contribution in [1.82, 2.24) is 4.90 Å². The molecule has 0 spiro atoms. The van der Waals surface area contributed by atoms with E-state index in [2.05, 4.69) is 92.6 Å². The fourth-order valence-electron chi connectivity index (χ4n) is 4.03. The SMILES string of the molecule is Cc1c(-c2ccccc2)cccc1-c1ccc2c(c1)CCC(CN(C)C)O2. The lowest BCUT2D eigenvalue weighted by Gasteiger charge is -2.28. The van der Waals surface area contributed by atoms with Crippen LogP contribution >= 0.6 is 0 Å². The highest BCUT2D eigenvalue weighted by atomic mass is 16.5. The van der Waals surface area contributed by atoms with Crippen molar-refractivity contribution in [2.45, 2.75) is 25.9 Å². The summed E-state index contributed by atoms with van der Waals surface area (Å²) in [5.41, 5.74) is 7.80. The van der Waals surface area contributed by atoms with Crippen LogP contribution in [0.4, 0.5) is 0 Å². The Morgan fingerprint density at radius 2 is 1.63 bits per heavy atom. The van der Waals surface area contributed by atoms with Gasteiger partial charge in [0, 0.05) is 6.54 Å². The third-order valence-electron chi connectivity index (χ3n) is 5.39. The highest BCUT2D eigenvalue weighted by Gasteiger charge is 2.21. The van der Waals surface area contributed by atoms with E-state index in [1.165, 1.54) is 33.4 Å². The van der Waals surface area contributed by atoms with E-state index in [4.69, 9.17) is 4.74 Å². The summed E-state index contributed by atoms with van der Waals surface area (Å²) in [6, 6.07) is 23.9. The quantitative estimate of drug-likeness (QED) is 0.604. The maximum atomic E-state index is 6.22. The van der Waals surface area contributed by atoms with Crippen molar-refractivity contribution >= 4 is 0 Å². The minimum atomic E-state index is 0.293. The van der Waals surface area contributed by atoms with Gasteiger partial charge in [-0.2, -0.15) is 0 Å². The zero-order valence-corrected chi connectivity index (χ0v) is 16.4. The first kappa shape index (κ1) is 17.8. The van der Waals surface area contributed by atoms with Gasteiger partial charge >= 0.3 is 0 Å². The van der Waals surface area contributed by atoms with Crippen molar-refractivity contribution in [3.63, 3.8) is 0 Å². The van der Waals surface area contributed by atoms with Crippen LogP contribution in [-0.4, -0.2) is 31.6 Å². The molecule has 2 heteroatoms. The molecule has 0 fully saturated rings. The van der Waals surface area contributed by atoms with Crippen LogP contribution in [-0.2, 0) is 6.42 Å². The molecule has 1 aliphatic heterocycles. The zero-order valence-electron chi connectivity index (χ0n) is 16.4. The maximum absolute atomic E-state index is 6.22. The van der Waals surface area contributed by atoms with E-state index in [-0.39, 0.29) is 0 Å². The van der Waals surface area contributed by atoms with Gasteiger partial charge in [0.15, 0.2) is 0 Å². The second-order valence-electron chi connectivity index (χ2n) is 7.71. The van der Waals surface area contributed by atoms with Crippen molar-refractivity contribution in [3.05, 3.63) is 77.9 Å². The maximum Gasteiger partial charge on any atom is 0.123 e. The van der Waals surface area contributed by atoms with E-state index in [9.17, 15) is 0 Å². The Morgan fingerprint density at radius 3 is 2.37 bits per heavy atom. The number of rotatable bonds is 4. The lowest BCUT2D eigenvalue weighted by atomic mass is 9.91. The monoisotopic (exact) mass is 357 g/mol. The van der Waals surface area contributed by atoms with Gasteiger partial charge < -0.3 is 9.64 Å². The Balaban J connectivity index is 1.66. The summed E-state index contributed by atoms with van der Waals surface area (Å²) >= 11 is 0. The van der Waals surface area contributed by atoms with Gasteiger partial charge in [0.05, 0.1) is 0 Å². The Labute approximate surface area is 162 Å². The number of nitrogens with zero attached hydrogens (tertiary/aromatic N) is 1. The summed E-state index contributed by atoms with van der Waals surface area (Å²) in [6.07, 6.45) is 2.46. The largest absolute Gasteiger partial charge is 0.489 e. The molecule has 4 rings (SSSR count). The molecule has 0 N–H and O–H groups in total. The number of fused-ring (bicyclic) bond motifs is 1. The summed E-state index contributed by atoms with van der Waals surface area (Å²) < 4.78 is 6.22. The van der Waals surface area contributed by atoms with Crippen LogP contribution in [0.2, 0.25) is 0 Å². The topological polar surface area (TPSA) is 12.5 Å². The molecular formula is C25H27NO. The van der Waals surface area contributed by atoms with Gasteiger partial charge in [0.1, 0.15) is 11.9 Å². The van der Waals surface area contributed by atoms with Gasteiger partial charge in [-0.15, -0.1) is 0 Å². The Kier molecular flexibility index (Phi) is 5.00. The van der Waals surface area contributed by atoms with Crippen molar-refractivity contribution in [1.29, 1.82) is 0 Å². The van der Waals surface area contributed by atoms with E-state index < -0.39 is 0 Å². The predicted molar refractivity (Wildman–Crippen MR) is 113 cm³/mol. The number of hydrogen-bond donors (Lipinski definition) is 0. The molecule has 27 heavy (non-hydrogen) atoms. The van der Waals surface area contributed by atoms with Crippen molar-refractivity contribution < 1.29 is 4.74 Å². The lowest BCUT2D eigenvalue weighted by Crippen LogP contribution is -2.33. The van der Waals surface area contributed by atoms with Crippen LogP contribution in [0.25, 0.3) is 22.3 Å². The second kappa shape index (κ2) is 7.58. The Hall–Kier alpha value is -2.58. The fourth-order valence-corrected chi connectivity index (χ4v) is 4.03. The molecule has 0 saturated carbocycles. The highest BCUT2D eigenvalue weighted by molar-refractivity contribution is 5.78. The molecule has 0 amide bonds. The lowest BCUT2D eigenvalue weighted by molar-refractivity contribution is 0.137. The minimum Gasteiger partial charge on any atom is -0.489 e. The standard InChI is InChI=1S/C25H27NO/c1-18-23(19-8-5-4-6-9-19)10-7-11-24(18)20-13-15-25-21(16-20)12-14-22(27-25)17-26(2)3/h4-11,13,15-16,22H,12,14,17H2,1-3H3. The first-order chi connectivity index (χ1) is 13.1. The van der Waals surface area contributed by atoms with Crippen LogP contribution in [0, 0.1) is 6.92 Å². The van der Waals surface area contributed by atoms with E-state index in [0.29, 0.717) is 6.10 Å². The zero-order chi connectivity index (χ0) is 18.8. The molecule has 1 atom stereocenters. The van der Waals surface area contributed by atoms with Gasteiger partial charge in [0.2, 0.25) is 0 Å². The highest BCUT2D eigenvalue weighted by Crippen LogP contribution is 2.36. The van der Waals surface area contributed by atoms with Gasteiger partial charge in [-0.3, -0.25) is 0 Å². The van der Waals surface area contributed by atoms with E-state index >= 15 is 0 Å². The number of likely N-dealkylation sites (N-methyl/N-ethyl adjacent to an activating group) is 1. The van der Waals surface area contributed by atoms with Gasteiger partial charge in [-0.25, -0.2) is 0 Å². The van der Waals surface area contributed by atoms with Crippen LogP contribution in [0.15, 0.2) is 66.7 Å². The third-order valence-corrected chi connectivity index (χ3v) is 5.39. The van der Waals surface area contributed by atoms with Crippen molar-refractivity contribution in [3.8, 4) is 28.0 Å². The van der Waals surface area contributed by atoms with Crippen LogP contribution in [0.5, 0.6) is 5.75 Å². The first-order valence-corrected chi connectivity index (χ1v) is 9.71. The van der Waals surface area contributed by atoms with E-state index in [0.717, 1.165) is 25.1 Å². The van der Waals surface area contributed by atoms with Crippen molar-refractivity contribution in [2.24, 2.45) is 0 Å². The molecule has 0 aliphatic carbocycles. The summed E-state index contributed by atoms with van der Waals surface area (Å²) in [5, 5.41) is 0. The van der Waals surface area contributed by atoms with Gasteiger partial charge in [-0.1, -0.05) is 54.6 Å². The number of aryl methyl sites for hydroxylation is 1. The second-order valence-corrected chi connectivity index (χ2v) is 7.71. The van der Waals surface area contributed by atoms with Crippen LogP contribution in [0.1, 0.15) is 17.5 Å². The summed E-state index contributed by atoms with van der Waals surface area (Å²) in [5.74, 6) is 1.05. The molecule has 1 aliphatic rings. The predicted octanol–water partition coefficient (Wildman–Crippen LogP) is 5.58. The first-order valence-electron chi connectivity index (χ1n) is 9.71. The fraction of sp³-hybridized carbons (Fsp3) is 0.280. The van der Waals surface area contributed by atoms with E-state index in [1.54, 1.807) is 0 Å². The number of benzene rings is 3. The summed E-state index contributed by atoms with van der Waals surface area (Å²) in [4.78, 5) is 2.20. The normalized spacial score (nSPS) is 16.1. The van der Waals surface area contributed by atoms with Crippen molar-refractivity contribution in [2.75, 3.05) is 20.6 Å². The molecule has 138 valence electrons.